The van der Waals surface area contributed by atoms with Crippen molar-refractivity contribution < 1.29 is 4.42 Å². The van der Waals surface area contributed by atoms with E-state index < -0.39 is 0 Å². The van der Waals surface area contributed by atoms with E-state index in [2.05, 4.69) is 10.5 Å². The van der Waals surface area contributed by atoms with E-state index in [1.54, 1.807) is 23.4 Å². The first-order chi connectivity index (χ1) is 6.83. The van der Waals surface area contributed by atoms with Crippen molar-refractivity contribution in [2.45, 2.75) is 6.04 Å². The average molecular weight is 192 g/mol. The molecule has 0 saturated carbocycles. The number of nitrogens with zero attached hydrogens (tertiary/aromatic N) is 2. The molecule has 1 atom stereocenters. The second-order valence-corrected chi connectivity index (χ2v) is 3.04. The SMILES string of the molecule is Cn1nccc1C(NN)c1ccoc1. The van der Waals surface area contributed by atoms with Gasteiger partial charge in [0.15, 0.2) is 0 Å². The van der Waals surface area contributed by atoms with Gasteiger partial charge in [-0.05, 0) is 12.1 Å². The van der Waals surface area contributed by atoms with Crippen LogP contribution < -0.4 is 11.3 Å². The Bertz CT molecular complexity index is 393. The Morgan fingerprint density at radius 2 is 2.43 bits per heavy atom. The van der Waals surface area contributed by atoms with E-state index in [9.17, 15) is 0 Å². The van der Waals surface area contributed by atoms with Crippen LogP contribution in [0.3, 0.4) is 0 Å². The molecule has 0 aliphatic heterocycles. The summed E-state index contributed by atoms with van der Waals surface area (Å²) in [5.74, 6) is 5.49. The Balaban J connectivity index is 2.36. The number of aromatic nitrogens is 2. The van der Waals surface area contributed by atoms with Crippen molar-refractivity contribution >= 4 is 0 Å². The fraction of sp³-hybridized carbons (Fsp3) is 0.222. The van der Waals surface area contributed by atoms with Gasteiger partial charge in [-0.2, -0.15) is 5.10 Å². The second-order valence-electron chi connectivity index (χ2n) is 3.04. The van der Waals surface area contributed by atoms with E-state index >= 15 is 0 Å². The third kappa shape index (κ3) is 1.43. The molecule has 2 aromatic heterocycles. The third-order valence-corrected chi connectivity index (χ3v) is 2.20. The maximum atomic E-state index is 5.49. The average Bonchev–Trinajstić information content (AvgIpc) is 2.80. The zero-order valence-electron chi connectivity index (χ0n) is 7.84. The summed E-state index contributed by atoms with van der Waals surface area (Å²) < 4.78 is 6.79. The number of hydrazine groups is 1. The Kier molecular flexibility index (Phi) is 2.34. The number of nitrogens with two attached hydrogens (primary N) is 1. The molecule has 2 rings (SSSR count). The number of rotatable bonds is 3. The molecule has 5 heteroatoms. The normalized spacial score (nSPS) is 13.0. The highest BCUT2D eigenvalue weighted by atomic mass is 16.3. The molecule has 0 aliphatic rings. The molecule has 0 amide bonds. The van der Waals surface area contributed by atoms with E-state index in [1.807, 2.05) is 19.2 Å². The van der Waals surface area contributed by atoms with Crippen LogP contribution in [-0.4, -0.2) is 9.78 Å². The van der Waals surface area contributed by atoms with Gasteiger partial charge in [-0.1, -0.05) is 0 Å². The lowest BCUT2D eigenvalue weighted by atomic mass is 10.1. The monoisotopic (exact) mass is 192 g/mol. The van der Waals surface area contributed by atoms with Crippen molar-refractivity contribution in [2.24, 2.45) is 12.9 Å². The summed E-state index contributed by atoms with van der Waals surface area (Å²) in [6, 6.07) is 3.70. The van der Waals surface area contributed by atoms with Crippen LogP contribution in [0.25, 0.3) is 0 Å². The largest absolute Gasteiger partial charge is 0.472 e. The van der Waals surface area contributed by atoms with Gasteiger partial charge in [0.1, 0.15) is 0 Å². The standard InChI is InChI=1S/C9H12N4O/c1-13-8(2-4-11-13)9(12-10)7-3-5-14-6-7/h2-6,9,12H,10H2,1H3. The highest BCUT2D eigenvalue weighted by Gasteiger charge is 2.16. The molecule has 2 heterocycles. The minimum atomic E-state index is -0.0822. The van der Waals surface area contributed by atoms with Crippen LogP contribution in [0.15, 0.2) is 35.3 Å². The lowest BCUT2D eigenvalue weighted by molar-refractivity contribution is 0.541. The highest BCUT2D eigenvalue weighted by Crippen LogP contribution is 2.20. The number of hydrogen-bond donors (Lipinski definition) is 2. The fourth-order valence-electron chi connectivity index (χ4n) is 1.46. The van der Waals surface area contributed by atoms with Crippen molar-refractivity contribution in [3.63, 3.8) is 0 Å². The molecule has 0 aromatic carbocycles. The zero-order valence-corrected chi connectivity index (χ0v) is 7.84. The lowest BCUT2D eigenvalue weighted by Crippen LogP contribution is -2.30. The number of hydrogen-bond acceptors (Lipinski definition) is 4. The molecule has 0 bridgehead atoms. The van der Waals surface area contributed by atoms with Gasteiger partial charge in [-0.3, -0.25) is 10.5 Å². The first-order valence-corrected chi connectivity index (χ1v) is 4.29. The molecule has 0 aliphatic carbocycles. The summed E-state index contributed by atoms with van der Waals surface area (Å²) >= 11 is 0. The smallest absolute Gasteiger partial charge is 0.0954 e. The minimum absolute atomic E-state index is 0.0822. The van der Waals surface area contributed by atoms with Crippen LogP contribution in [-0.2, 0) is 7.05 Å². The minimum Gasteiger partial charge on any atom is -0.472 e. The fourth-order valence-corrected chi connectivity index (χ4v) is 1.46. The van der Waals surface area contributed by atoms with E-state index in [0.717, 1.165) is 11.3 Å². The van der Waals surface area contributed by atoms with E-state index in [0.29, 0.717) is 0 Å². The molecule has 14 heavy (non-hydrogen) atoms. The Hall–Kier alpha value is -1.59. The van der Waals surface area contributed by atoms with Gasteiger partial charge >= 0.3 is 0 Å². The lowest BCUT2D eigenvalue weighted by Gasteiger charge is -2.13. The predicted octanol–water partition coefficient (Wildman–Crippen LogP) is 0.566. The van der Waals surface area contributed by atoms with Gasteiger partial charge < -0.3 is 4.42 Å². The molecule has 2 aromatic rings. The second kappa shape index (κ2) is 3.65. The van der Waals surface area contributed by atoms with E-state index in [4.69, 9.17) is 10.3 Å². The van der Waals surface area contributed by atoms with Crippen molar-refractivity contribution in [1.82, 2.24) is 15.2 Å². The van der Waals surface area contributed by atoms with Gasteiger partial charge in [0.2, 0.25) is 0 Å². The summed E-state index contributed by atoms with van der Waals surface area (Å²) in [6.07, 6.45) is 5.02. The van der Waals surface area contributed by atoms with Crippen molar-refractivity contribution in [1.29, 1.82) is 0 Å². The van der Waals surface area contributed by atoms with Gasteiger partial charge in [-0.15, -0.1) is 0 Å². The Labute approximate surface area is 81.5 Å². The zero-order chi connectivity index (χ0) is 9.97. The first kappa shape index (κ1) is 8.98. The van der Waals surface area contributed by atoms with Gasteiger partial charge in [0.25, 0.3) is 0 Å². The molecule has 0 saturated heterocycles. The summed E-state index contributed by atoms with van der Waals surface area (Å²) in [5.41, 5.74) is 4.70. The van der Waals surface area contributed by atoms with Gasteiger partial charge in [0, 0.05) is 18.8 Å². The topological polar surface area (TPSA) is 69.0 Å². The molecular weight excluding hydrogens is 180 g/mol. The maximum absolute atomic E-state index is 5.49. The Morgan fingerprint density at radius 3 is 2.93 bits per heavy atom. The molecule has 1 unspecified atom stereocenters. The van der Waals surface area contributed by atoms with Crippen LogP contribution in [0.5, 0.6) is 0 Å². The summed E-state index contributed by atoms with van der Waals surface area (Å²) in [6.45, 7) is 0. The maximum Gasteiger partial charge on any atom is 0.0954 e. The molecule has 0 spiro atoms. The van der Waals surface area contributed by atoms with E-state index in [1.165, 1.54) is 0 Å². The number of nitrogens with one attached hydrogen (secondary N) is 1. The highest BCUT2D eigenvalue weighted by molar-refractivity contribution is 5.23. The van der Waals surface area contributed by atoms with E-state index in [-0.39, 0.29) is 6.04 Å². The van der Waals surface area contributed by atoms with Crippen molar-refractivity contribution in [3.05, 3.63) is 42.1 Å². The molecule has 0 radical (unpaired) electrons. The van der Waals surface area contributed by atoms with Crippen molar-refractivity contribution in [3.8, 4) is 0 Å². The Morgan fingerprint density at radius 1 is 1.57 bits per heavy atom. The molecule has 3 N–H and O–H groups in total. The number of furan rings is 1. The quantitative estimate of drug-likeness (QED) is 0.551. The molecular formula is C9H12N4O. The molecule has 74 valence electrons. The number of aryl methyl sites for hydroxylation is 1. The molecule has 0 fully saturated rings. The van der Waals surface area contributed by atoms with Gasteiger partial charge in [0.05, 0.1) is 24.3 Å². The van der Waals surface area contributed by atoms with Crippen LogP contribution in [0.1, 0.15) is 17.3 Å². The predicted molar refractivity (Wildman–Crippen MR) is 51.1 cm³/mol. The van der Waals surface area contributed by atoms with Crippen LogP contribution in [0, 0.1) is 0 Å². The van der Waals surface area contributed by atoms with Crippen LogP contribution in [0.4, 0.5) is 0 Å². The van der Waals surface area contributed by atoms with Crippen LogP contribution >= 0.6 is 0 Å². The first-order valence-electron chi connectivity index (χ1n) is 4.29. The molecule has 5 nitrogen and oxygen atoms in total. The third-order valence-electron chi connectivity index (χ3n) is 2.20. The summed E-state index contributed by atoms with van der Waals surface area (Å²) in [5, 5.41) is 4.09. The van der Waals surface area contributed by atoms with Crippen molar-refractivity contribution in [2.75, 3.05) is 0 Å². The summed E-state index contributed by atoms with van der Waals surface area (Å²) in [4.78, 5) is 0. The summed E-state index contributed by atoms with van der Waals surface area (Å²) in [7, 11) is 1.87. The van der Waals surface area contributed by atoms with Gasteiger partial charge in [-0.25, -0.2) is 5.43 Å². The van der Waals surface area contributed by atoms with Crippen LogP contribution in [0.2, 0.25) is 0 Å².